The van der Waals surface area contributed by atoms with Crippen LogP contribution in [0.1, 0.15) is 11.1 Å². The highest BCUT2D eigenvalue weighted by Gasteiger charge is 2.30. The van der Waals surface area contributed by atoms with E-state index >= 15 is 0 Å². The van der Waals surface area contributed by atoms with Crippen LogP contribution in [0.2, 0.25) is 0 Å². The maximum atomic E-state index is 13.1. The van der Waals surface area contributed by atoms with Gasteiger partial charge in [-0.05, 0) is 51.8 Å². The number of alkyl halides is 3. The highest BCUT2D eigenvalue weighted by atomic mass is 79.9. The summed E-state index contributed by atoms with van der Waals surface area (Å²) in [6, 6.07) is 9.11. The summed E-state index contributed by atoms with van der Waals surface area (Å²) in [5, 5.41) is 2.89. The minimum atomic E-state index is -4.37. The van der Waals surface area contributed by atoms with Crippen LogP contribution in [0.4, 0.5) is 23.2 Å². The molecule has 0 radical (unpaired) electrons. The van der Waals surface area contributed by atoms with Crippen molar-refractivity contribution < 1.29 is 17.6 Å². The standard InChI is InChI=1S/C14H10BrF4N/c15-12-5-4-11(16)7-13(12)20-8-9-2-1-3-10(6-9)14(17,18)19/h1-7,20H,8H2. The molecule has 0 saturated carbocycles. The molecule has 1 nitrogen and oxygen atoms in total. The van der Waals surface area contributed by atoms with E-state index in [2.05, 4.69) is 21.2 Å². The second-order valence-electron chi connectivity index (χ2n) is 4.18. The molecule has 0 heterocycles. The topological polar surface area (TPSA) is 12.0 Å². The molecular formula is C14H10BrF4N. The van der Waals surface area contributed by atoms with Gasteiger partial charge in [0, 0.05) is 11.0 Å². The van der Waals surface area contributed by atoms with E-state index in [0.717, 1.165) is 12.1 Å². The number of rotatable bonds is 3. The fraction of sp³-hybridized carbons (Fsp3) is 0.143. The maximum Gasteiger partial charge on any atom is 0.416 e. The van der Waals surface area contributed by atoms with Gasteiger partial charge in [0.05, 0.1) is 11.3 Å². The second-order valence-corrected chi connectivity index (χ2v) is 5.03. The Balaban J connectivity index is 2.13. The van der Waals surface area contributed by atoms with Crippen molar-refractivity contribution >= 4 is 21.6 Å². The Morgan fingerprint density at radius 1 is 1.05 bits per heavy atom. The SMILES string of the molecule is Fc1ccc(Br)c(NCc2cccc(C(F)(F)F)c2)c1. The average molecular weight is 348 g/mol. The summed E-state index contributed by atoms with van der Waals surface area (Å²) < 4.78 is 51.4. The third-order valence-corrected chi connectivity index (χ3v) is 3.36. The first-order valence-corrected chi connectivity index (χ1v) is 6.50. The van der Waals surface area contributed by atoms with Gasteiger partial charge in [-0.2, -0.15) is 13.2 Å². The molecule has 0 spiro atoms. The number of anilines is 1. The molecule has 0 aliphatic carbocycles. The molecule has 2 aromatic carbocycles. The number of benzene rings is 2. The molecule has 0 saturated heterocycles. The van der Waals surface area contributed by atoms with Gasteiger partial charge in [-0.1, -0.05) is 12.1 Å². The maximum absolute atomic E-state index is 13.1. The van der Waals surface area contributed by atoms with Crippen molar-refractivity contribution in [2.75, 3.05) is 5.32 Å². The summed E-state index contributed by atoms with van der Waals surface area (Å²) in [6.45, 7) is 0.173. The smallest absolute Gasteiger partial charge is 0.380 e. The van der Waals surface area contributed by atoms with Gasteiger partial charge >= 0.3 is 6.18 Å². The molecule has 0 aliphatic heterocycles. The Morgan fingerprint density at radius 3 is 2.50 bits per heavy atom. The fourth-order valence-electron chi connectivity index (χ4n) is 1.69. The van der Waals surface area contributed by atoms with Gasteiger partial charge in [0.2, 0.25) is 0 Å². The van der Waals surface area contributed by atoms with Crippen molar-refractivity contribution in [1.29, 1.82) is 0 Å². The number of nitrogens with one attached hydrogen (secondary N) is 1. The largest absolute Gasteiger partial charge is 0.416 e. The highest BCUT2D eigenvalue weighted by Crippen LogP contribution is 2.30. The Bertz CT molecular complexity index is 610. The molecule has 0 unspecified atom stereocenters. The number of halogens is 5. The van der Waals surface area contributed by atoms with Gasteiger partial charge in [0.25, 0.3) is 0 Å². The molecule has 2 aromatic rings. The molecule has 0 bridgehead atoms. The summed E-state index contributed by atoms with van der Waals surface area (Å²) >= 11 is 3.24. The van der Waals surface area contributed by atoms with E-state index in [0.29, 0.717) is 15.7 Å². The molecule has 1 N–H and O–H groups in total. The Kier molecular flexibility index (Phi) is 4.32. The lowest BCUT2D eigenvalue weighted by molar-refractivity contribution is -0.137. The van der Waals surface area contributed by atoms with Crippen molar-refractivity contribution in [3.8, 4) is 0 Å². The van der Waals surface area contributed by atoms with Crippen LogP contribution in [-0.4, -0.2) is 0 Å². The first-order valence-electron chi connectivity index (χ1n) is 5.71. The third kappa shape index (κ3) is 3.72. The zero-order valence-corrected chi connectivity index (χ0v) is 11.7. The first-order chi connectivity index (χ1) is 9.36. The zero-order chi connectivity index (χ0) is 14.8. The minimum absolute atomic E-state index is 0.173. The molecule has 6 heteroatoms. The van der Waals surface area contributed by atoms with Crippen LogP contribution in [0, 0.1) is 5.82 Å². The van der Waals surface area contributed by atoms with E-state index in [1.807, 2.05) is 0 Å². The van der Waals surface area contributed by atoms with Crippen LogP contribution in [-0.2, 0) is 12.7 Å². The molecule has 0 aliphatic rings. The Hall–Kier alpha value is -1.56. The predicted octanol–water partition coefficient (Wildman–Crippen LogP) is 5.22. The number of hydrogen-bond donors (Lipinski definition) is 1. The van der Waals surface area contributed by atoms with Gasteiger partial charge in [-0.25, -0.2) is 4.39 Å². The highest BCUT2D eigenvalue weighted by molar-refractivity contribution is 9.10. The quantitative estimate of drug-likeness (QED) is 0.750. The first kappa shape index (κ1) is 14.8. The summed E-state index contributed by atoms with van der Waals surface area (Å²) in [6.07, 6.45) is -4.37. The molecule has 2 rings (SSSR count). The summed E-state index contributed by atoms with van der Waals surface area (Å²) in [4.78, 5) is 0. The normalized spacial score (nSPS) is 11.4. The van der Waals surface area contributed by atoms with Crippen LogP contribution in [0.15, 0.2) is 46.9 Å². The summed E-state index contributed by atoms with van der Waals surface area (Å²) in [5.74, 6) is -0.417. The van der Waals surface area contributed by atoms with E-state index in [-0.39, 0.29) is 6.54 Å². The van der Waals surface area contributed by atoms with Crippen LogP contribution >= 0.6 is 15.9 Å². The molecule has 0 amide bonds. The summed E-state index contributed by atoms with van der Waals surface area (Å²) in [5.41, 5.74) is 0.258. The molecule has 20 heavy (non-hydrogen) atoms. The van der Waals surface area contributed by atoms with Crippen LogP contribution in [0.3, 0.4) is 0 Å². The van der Waals surface area contributed by atoms with Crippen LogP contribution < -0.4 is 5.32 Å². The van der Waals surface area contributed by atoms with Gasteiger partial charge in [0.15, 0.2) is 0 Å². The van der Waals surface area contributed by atoms with E-state index in [9.17, 15) is 17.6 Å². The van der Waals surface area contributed by atoms with Gasteiger partial charge < -0.3 is 5.32 Å². The lowest BCUT2D eigenvalue weighted by Crippen LogP contribution is -2.07. The van der Waals surface area contributed by atoms with Crippen LogP contribution in [0.5, 0.6) is 0 Å². The van der Waals surface area contributed by atoms with Crippen molar-refractivity contribution in [2.24, 2.45) is 0 Å². The van der Waals surface area contributed by atoms with Crippen molar-refractivity contribution in [2.45, 2.75) is 12.7 Å². The van der Waals surface area contributed by atoms with Crippen molar-refractivity contribution in [1.82, 2.24) is 0 Å². The van der Waals surface area contributed by atoms with Crippen molar-refractivity contribution in [3.05, 3.63) is 63.9 Å². The number of hydrogen-bond acceptors (Lipinski definition) is 1. The summed E-state index contributed by atoms with van der Waals surface area (Å²) in [7, 11) is 0. The lowest BCUT2D eigenvalue weighted by Gasteiger charge is -2.11. The molecule has 0 aromatic heterocycles. The zero-order valence-electron chi connectivity index (χ0n) is 10.1. The second kappa shape index (κ2) is 5.83. The minimum Gasteiger partial charge on any atom is -0.380 e. The molecule has 0 fully saturated rings. The lowest BCUT2D eigenvalue weighted by atomic mass is 10.1. The Morgan fingerprint density at radius 2 is 1.80 bits per heavy atom. The monoisotopic (exact) mass is 347 g/mol. The third-order valence-electron chi connectivity index (χ3n) is 2.67. The van der Waals surface area contributed by atoms with Crippen molar-refractivity contribution in [3.63, 3.8) is 0 Å². The van der Waals surface area contributed by atoms with E-state index < -0.39 is 17.6 Å². The predicted molar refractivity (Wildman–Crippen MR) is 72.9 cm³/mol. The molecule has 106 valence electrons. The average Bonchev–Trinajstić information content (AvgIpc) is 2.39. The van der Waals surface area contributed by atoms with Gasteiger partial charge in [-0.3, -0.25) is 0 Å². The van der Waals surface area contributed by atoms with Gasteiger partial charge in [0.1, 0.15) is 5.82 Å². The fourth-order valence-corrected chi connectivity index (χ4v) is 2.07. The van der Waals surface area contributed by atoms with Crippen LogP contribution in [0.25, 0.3) is 0 Å². The molecular weight excluding hydrogens is 338 g/mol. The van der Waals surface area contributed by atoms with Gasteiger partial charge in [-0.15, -0.1) is 0 Å². The van der Waals surface area contributed by atoms with E-state index in [4.69, 9.17) is 0 Å². The van der Waals surface area contributed by atoms with E-state index in [1.54, 1.807) is 6.07 Å². The Labute approximate surface area is 121 Å². The molecule has 0 atom stereocenters. The van der Waals surface area contributed by atoms with E-state index in [1.165, 1.54) is 24.3 Å².